The van der Waals surface area contributed by atoms with Crippen LogP contribution in [0.5, 0.6) is 0 Å². The van der Waals surface area contributed by atoms with E-state index in [2.05, 4.69) is 10.3 Å². The summed E-state index contributed by atoms with van der Waals surface area (Å²) in [5.41, 5.74) is 0.636. The maximum atomic E-state index is 13.8. The van der Waals surface area contributed by atoms with E-state index in [4.69, 9.17) is 4.42 Å². The van der Waals surface area contributed by atoms with Gasteiger partial charge in [-0.2, -0.15) is 0 Å². The highest BCUT2D eigenvalue weighted by Gasteiger charge is 2.14. The first-order chi connectivity index (χ1) is 13.4. The summed E-state index contributed by atoms with van der Waals surface area (Å²) in [6.45, 7) is 1.80. The molecule has 1 heterocycles. The molecule has 0 saturated carbocycles. The minimum absolute atomic E-state index is 0.100. The highest BCUT2D eigenvalue weighted by Crippen LogP contribution is 2.24. The van der Waals surface area contributed by atoms with Crippen molar-refractivity contribution in [3.05, 3.63) is 77.6 Å². The van der Waals surface area contributed by atoms with Gasteiger partial charge in [0.15, 0.2) is 11.7 Å². The first-order valence-corrected chi connectivity index (χ1v) is 8.85. The highest BCUT2D eigenvalue weighted by molar-refractivity contribution is 5.76. The van der Waals surface area contributed by atoms with Crippen molar-refractivity contribution in [1.29, 1.82) is 0 Å². The Hall–Kier alpha value is -3.09. The van der Waals surface area contributed by atoms with E-state index in [-0.39, 0.29) is 47.8 Å². The summed E-state index contributed by atoms with van der Waals surface area (Å²) in [5.74, 6) is -1.51. The van der Waals surface area contributed by atoms with E-state index < -0.39 is 11.6 Å². The molecule has 146 valence electrons. The molecule has 1 aromatic heterocycles. The lowest BCUT2D eigenvalue weighted by atomic mass is 10.1. The number of halogens is 3. The fourth-order valence-corrected chi connectivity index (χ4v) is 2.85. The number of carbonyl (C=O) groups is 1. The van der Waals surface area contributed by atoms with Crippen LogP contribution in [0.3, 0.4) is 0 Å². The second-order valence-electron chi connectivity index (χ2n) is 6.51. The molecule has 1 amide bonds. The van der Waals surface area contributed by atoms with Gasteiger partial charge >= 0.3 is 0 Å². The molecule has 0 aliphatic heterocycles. The second-order valence-corrected chi connectivity index (χ2v) is 6.51. The van der Waals surface area contributed by atoms with Crippen molar-refractivity contribution in [2.45, 2.75) is 32.2 Å². The van der Waals surface area contributed by atoms with Gasteiger partial charge in [0.1, 0.15) is 17.5 Å². The van der Waals surface area contributed by atoms with Crippen LogP contribution in [0.25, 0.3) is 11.3 Å². The Morgan fingerprint density at radius 1 is 1.14 bits per heavy atom. The largest absolute Gasteiger partial charge is 0.441 e. The zero-order chi connectivity index (χ0) is 20.1. The Kier molecular flexibility index (Phi) is 6.13. The molecule has 28 heavy (non-hydrogen) atoms. The van der Waals surface area contributed by atoms with Gasteiger partial charge < -0.3 is 9.73 Å². The standard InChI is InChI=1S/C21H19F3N2O2/c1-13(10-14-4-2-3-5-17(14)23)26-20(27)8-9-21-25-12-19(28-21)16-7-6-15(22)11-18(16)24/h2-7,11-13H,8-10H2,1H3,(H,26,27). The summed E-state index contributed by atoms with van der Waals surface area (Å²) >= 11 is 0. The van der Waals surface area contributed by atoms with Gasteiger partial charge in [0, 0.05) is 24.9 Å². The van der Waals surface area contributed by atoms with E-state index in [1.54, 1.807) is 25.1 Å². The van der Waals surface area contributed by atoms with Crippen molar-refractivity contribution >= 4 is 5.91 Å². The number of aryl methyl sites for hydroxylation is 1. The smallest absolute Gasteiger partial charge is 0.220 e. The van der Waals surface area contributed by atoms with Crippen molar-refractivity contribution in [1.82, 2.24) is 10.3 Å². The second kappa shape index (κ2) is 8.73. The SMILES string of the molecule is CC(Cc1ccccc1F)NC(=O)CCc1ncc(-c2ccc(F)cc2F)o1. The van der Waals surface area contributed by atoms with Gasteiger partial charge in [0.25, 0.3) is 0 Å². The number of oxazole rings is 1. The zero-order valence-corrected chi connectivity index (χ0v) is 15.2. The van der Waals surface area contributed by atoms with Gasteiger partial charge in [-0.3, -0.25) is 4.79 Å². The minimum atomic E-state index is -0.748. The number of carbonyl (C=O) groups excluding carboxylic acids is 1. The number of rotatable bonds is 7. The van der Waals surface area contributed by atoms with E-state index in [0.717, 1.165) is 12.1 Å². The summed E-state index contributed by atoms with van der Waals surface area (Å²) in [7, 11) is 0. The molecule has 0 aliphatic rings. The van der Waals surface area contributed by atoms with Crippen LogP contribution >= 0.6 is 0 Å². The molecule has 7 heteroatoms. The molecule has 1 atom stereocenters. The Bertz CT molecular complexity index is 972. The van der Waals surface area contributed by atoms with Crippen LogP contribution in [-0.2, 0) is 17.6 Å². The lowest BCUT2D eigenvalue weighted by Crippen LogP contribution is -2.34. The fourth-order valence-electron chi connectivity index (χ4n) is 2.85. The van der Waals surface area contributed by atoms with Gasteiger partial charge in [0.2, 0.25) is 5.91 Å². The lowest BCUT2D eigenvalue weighted by molar-refractivity contribution is -0.121. The minimum Gasteiger partial charge on any atom is -0.441 e. The van der Waals surface area contributed by atoms with Crippen LogP contribution in [-0.4, -0.2) is 16.9 Å². The third-order valence-electron chi connectivity index (χ3n) is 4.21. The quantitative estimate of drug-likeness (QED) is 0.651. The van der Waals surface area contributed by atoms with Crippen LogP contribution < -0.4 is 5.32 Å². The predicted molar refractivity (Wildman–Crippen MR) is 97.9 cm³/mol. The van der Waals surface area contributed by atoms with Crippen molar-refractivity contribution in [2.24, 2.45) is 0 Å². The maximum absolute atomic E-state index is 13.8. The molecule has 2 aromatic carbocycles. The number of hydrogen-bond acceptors (Lipinski definition) is 3. The van der Waals surface area contributed by atoms with Crippen LogP contribution in [0, 0.1) is 17.5 Å². The summed E-state index contributed by atoms with van der Waals surface area (Å²) in [4.78, 5) is 16.1. The Morgan fingerprint density at radius 3 is 2.68 bits per heavy atom. The Balaban J connectivity index is 1.52. The normalized spacial score (nSPS) is 12.0. The molecule has 0 spiro atoms. The van der Waals surface area contributed by atoms with Gasteiger partial charge in [0.05, 0.1) is 11.8 Å². The molecular formula is C21H19F3N2O2. The average molecular weight is 388 g/mol. The summed E-state index contributed by atoms with van der Waals surface area (Å²) in [6, 6.07) is 9.35. The van der Waals surface area contributed by atoms with E-state index in [0.29, 0.717) is 12.0 Å². The van der Waals surface area contributed by atoms with Gasteiger partial charge in [-0.05, 0) is 37.1 Å². The maximum Gasteiger partial charge on any atom is 0.220 e. The molecular weight excluding hydrogens is 369 g/mol. The zero-order valence-electron chi connectivity index (χ0n) is 15.2. The number of nitrogens with one attached hydrogen (secondary N) is 1. The van der Waals surface area contributed by atoms with Crippen LogP contribution in [0.1, 0.15) is 24.8 Å². The van der Waals surface area contributed by atoms with Crippen molar-refractivity contribution in [3.8, 4) is 11.3 Å². The molecule has 0 radical (unpaired) electrons. The molecule has 4 nitrogen and oxygen atoms in total. The van der Waals surface area contributed by atoms with Gasteiger partial charge in [-0.15, -0.1) is 0 Å². The fraction of sp³-hybridized carbons (Fsp3) is 0.238. The molecule has 1 N–H and O–H groups in total. The van der Waals surface area contributed by atoms with E-state index in [1.165, 1.54) is 18.3 Å². The van der Waals surface area contributed by atoms with E-state index in [9.17, 15) is 18.0 Å². The molecule has 0 saturated heterocycles. The molecule has 3 aromatic rings. The number of aromatic nitrogens is 1. The molecule has 1 unspecified atom stereocenters. The van der Waals surface area contributed by atoms with Crippen LogP contribution in [0.2, 0.25) is 0 Å². The van der Waals surface area contributed by atoms with E-state index >= 15 is 0 Å². The van der Waals surface area contributed by atoms with Crippen LogP contribution in [0.15, 0.2) is 53.1 Å². The predicted octanol–water partition coefficient (Wildman–Crippen LogP) is 4.44. The van der Waals surface area contributed by atoms with Crippen LogP contribution in [0.4, 0.5) is 13.2 Å². The van der Waals surface area contributed by atoms with Gasteiger partial charge in [-0.1, -0.05) is 18.2 Å². The molecule has 0 fully saturated rings. The topological polar surface area (TPSA) is 55.1 Å². The lowest BCUT2D eigenvalue weighted by Gasteiger charge is -2.14. The van der Waals surface area contributed by atoms with Crippen molar-refractivity contribution < 1.29 is 22.4 Å². The summed E-state index contributed by atoms with van der Waals surface area (Å²) in [6.07, 6.45) is 2.06. The molecule has 0 aliphatic carbocycles. The summed E-state index contributed by atoms with van der Waals surface area (Å²) in [5, 5.41) is 2.80. The first-order valence-electron chi connectivity index (χ1n) is 8.85. The number of hydrogen-bond donors (Lipinski definition) is 1. The Morgan fingerprint density at radius 2 is 1.93 bits per heavy atom. The first kappa shape index (κ1) is 19.7. The molecule has 0 bridgehead atoms. The third kappa shape index (κ3) is 5.00. The average Bonchev–Trinajstić information content (AvgIpc) is 3.10. The summed E-state index contributed by atoms with van der Waals surface area (Å²) < 4.78 is 45.9. The highest BCUT2D eigenvalue weighted by atomic mass is 19.1. The molecule has 3 rings (SSSR count). The monoisotopic (exact) mass is 388 g/mol. The van der Waals surface area contributed by atoms with Crippen molar-refractivity contribution in [3.63, 3.8) is 0 Å². The number of amides is 1. The Labute approximate surface area is 160 Å². The van der Waals surface area contributed by atoms with Crippen molar-refractivity contribution in [2.75, 3.05) is 0 Å². The number of nitrogens with zero attached hydrogens (tertiary/aromatic N) is 1. The van der Waals surface area contributed by atoms with E-state index in [1.807, 2.05) is 0 Å². The van der Waals surface area contributed by atoms with Gasteiger partial charge in [-0.25, -0.2) is 18.2 Å². The number of benzene rings is 2. The third-order valence-corrected chi connectivity index (χ3v) is 4.21.